The molecule has 2 aromatic heterocycles. The molecular formula is C29H32BrN5O3S. The number of fused-ring (bicyclic) bond motifs is 1. The number of benzene rings is 2. The average Bonchev–Trinajstić information content (AvgIpc) is 3.70. The normalized spacial score (nSPS) is 14.6. The van der Waals surface area contributed by atoms with Crippen LogP contribution < -0.4 is 0 Å². The van der Waals surface area contributed by atoms with Crippen LogP contribution >= 0.6 is 27.3 Å². The zero-order valence-electron chi connectivity index (χ0n) is 22.0. The van der Waals surface area contributed by atoms with Crippen LogP contribution in [-0.4, -0.2) is 49.1 Å². The Kier molecular flexibility index (Phi) is 8.42. The van der Waals surface area contributed by atoms with Crippen LogP contribution in [0.15, 0.2) is 46.9 Å². The van der Waals surface area contributed by atoms with E-state index in [1.807, 2.05) is 24.3 Å². The maximum atomic E-state index is 13.3. The molecule has 0 spiro atoms. The van der Waals surface area contributed by atoms with Gasteiger partial charge in [-0.05, 0) is 63.7 Å². The SMILES string of the molecule is CCCCCC(=O)N(Cc1ccc2sc(-c3ccc(-c4nn[nH]n4)cc3)c(Br)c2c1)CC1(C(=O)O)CCCC1. The summed E-state index contributed by atoms with van der Waals surface area (Å²) in [5.41, 5.74) is 2.13. The number of hydrogen-bond acceptors (Lipinski definition) is 6. The molecule has 1 fully saturated rings. The predicted molar refractivity (Wildman–Crippen MR) is 156 cm³/mol. The highest BCUT2D eigenvalue weighted by molar-refractivity contribution is 9.10. The molecule has 10 heteroatoms. The quantitative estimate of drug-likeness (QED) is 0.176. The molecule has 1 aliphatic carbocycles. The summed E-state index contributed by atoms with van der Waals surface area (Å²) in [7, 11) is 0. The van der Waals surface area contributed by atoms with Gasteiger partial charge in [-0.1, -0.05) is 62.9 Å². The van der Waals surface area contributed by atoms with Gasteiger partial charge in [-0.25, -0.2) is 0 Å². The predicted octanol–water partition coefficient (Wildman–Crippen LogP) is 7.06. The molecule has 8 nitrogen and oxygen atoms in total. The fraction of sp³-hybridized carbons (Fsp3) is 0.414. The van der Waals surface area contributed by atoms with Gasteiger partial charge in [0.05, 0.1) is 5.41 Å². The van der Waals surface area contributed by atoms with Crippen molar-refractivity contribution in [2.75, 3.05) is 6.54 Å². The lowest BCUT2D eigenvalue weighted by atomic mass is 9.85. The van der Waals surface area contributed by atoms with E-state index in [4.69, 9.17) is 0 Å². The Morgan fingerprint density at radius 3 is 2.51 bits per heavy atom. The molecule has 39 heavy (non-hydrogen) atoms. The number of unbranched alkanes of at least 4 members (excludes halogenated alkanes) is 2. The summed E-state index contributed by atoms with van der Waals surface area (Å²) < 4.78 is 2.15. The standard InChI is InChI=1S/C29H32BrN5O3S/c1-2-3-4-7-24(36)35(18-29(28(37)38)14-5-6-15-29)17-19-8-13-23-22(16-19)25(30)26(39-23)20-9-11-21(12-10-20)27-31-33-34-32-27/h8-13,16H,2-7,14-15,17-18H2,1H3,(H,37,38)(H,31,32,33,34). The lowest BCUT2D eigenvalue weighted by Crippen LogP contribution is -2.44. The number of rotatable bonds is 11. The number of hydrogen-bond donors (Lipinski definition) is 2. The van der Waals surface area contributed by atoms with Crippen molar-refractivity contribution in [3.8, 4) is 21.8 Å². The van der Waals surface area contributed by atoms with Gasteiger partial charge >= 0.3 is 5.97 Å². The van der Waals surface area contributed by atoms with Gasteiger partial charge in [0.1, 0.15) is 0 Å². The Hall–Kier alpha value is -3.11. The minimum Gasteiger partial charge on any atom is -0.481 e. The summed E-state index contributed by atoms with van der Waals surface area (Å²) in [5, 5.41) is 25.3. The Balaban J connectivity index is 1.40. The van der Waals surface area contributed by atoms with Crippen LogP contribution in [0, 0.1) is 5.41 Å². The Morgan fingerprint density at radius 2 is 1.85 bits per heavy atom. The molecule has 1 aliphatic rings. The molecule has 204 valence electrons. The Morgan fingerprint density at radius 1 is 1.10 bits per heavy atom. The summed E-state index contributed by atoms with van der Waals surface area (Å²) in [6.07, 6.45) is 6.38. The van der Waals surface area contributed by atoms with Crippen LogP contribution in [-0.2, 0) is 16.1 Å². The first-order valence-electron chi connectivity index (χ1n) is 13.5. The second-order valence-corrected chi connectivity index (χ2v) is 12.2. The van der Waals surface area contributed by atoms with E-state index in [2.05, 4.69) is 61.7 Å². The molecule has 1 amide bonds. The summed E-state index contributed by atoms with van der Waals surface area (Å²) >= 11 is 5.53. The number of aromatic amines is 1. The number of carbonyl (C=O) groups is 2. The zero-order valence-corrected chi connectivity index (χ0v) is 24.4. The van der Waals surface area contributed by atoms with Gasteiger partial charge in [0.25, 0.3) is 0 Å². The fourth-order valence-electron chi connectivity index (χ4n) is 5.45. The van der Waals surface area contributed by atoms with Crippen LogP contribution in [0.2, 0.25) is 0 Å². The first kappa shape index (κ1) is 27.5. The second-order valence-electron chi connectivity index (χ2n) is 10.4. The van der Waals surface area contributed by atoms with E-state index in [1.165, 1.54) is 0 Å². The van der Waals surface area contributed by atoms with Crippen molar-refractivity contribution >= 4 is 49.2 Å². The highest BCUT2D eigenvalue weighted by Crippen LogP contribution is 2.43. The van der Waals surface area contributed by atoms with E-state index in [-0.39, 0.29) is 12.5 Å². The van der Waals surface area contributed by atoms with Crippen molar-refractivity contribution in [3.63, 3.8) is 0 Å². The number of nitrogens with one attached hydrogen (secondary N) is 1. The van der Waals surface area contributed by atoms with Crippen molar-refractivity contribution in [3.05, 3.63) is 52.5 Å². The first-order chi connectivity index (χ1) is 18.9. The number of aromatic nitrogens is 4. The minimum atomic E-state index is -0.839. The highest BCUT2D eigenvalue weighted by Gasteiger charge is 2.43. The highest BCUT2D eigenvalue weighted by atomic mass is 79.9. The van der Waals surface area contributed by atoms with E-state index < -0.39 is 11.4 Å². The smallest absolute Gasteiger partial charge is 0.311 e. The molecule has 2 heterocycles. The third kappa shape index (κ3) is 5.91. The van der Waals surface area contributed by atoms with Crippen LogP contribution in [0.5, 0.6) is 0 Å². The minimum absolute atomic E-state index is 0.0443. The molecule has 0 radical (unpaired) electrons. The summed E-state index contributed by atoms with van der Waals surface area (Å²) in [5.74, 6) is -0.183. The molecule has 0 aliphatic heterocycles. The summed E-state index contributed by atoms with van der Waals surface area (Å²) in [6, 6.07) is 14.3. The monoisotopic (exact) mass is 609 g/mol. The number of amides is 1. The lowest BCUT2D eigenvalue weighted by Gasteiger charge is -2.32. The largest absolute Gasteiger partial charge is 0.481 e. The molecule has 2 N–H and O–H groups in total. The third-order valence-electron chi connectivity index (χ3n) is 7.67. The number of halogens is 1. The van der Waals surface area contributed by atoms with Gasteiger partial charge in [0.15, 0.2) is 0 Å². The van der Waals surface area contributed by atoms with Gasteiger partial charge in [-0.15, -0.1) is 21.5 Å². The molecule has 0 saturated heterocycles. The van der Waals surface area contributed by atoms with Crippen molar-refractivity contribution in [1.82, 2.24) is 25.5 Å². The summed E-state index contributed by atoms with van der Waals surface area (Å²) in [4.78, 5) is 28.5. The Bertz CT molecular complexity index is 1450. The number of aliphatic carboxylic acids is 1. The number of tetrazole rings is 1. The van der Waals surface area contributed by atoms with E-state index >= 15 is 0 Å². The van der Waals surface area contributed by atoms with Crippen LogP contribution in [0.25, 0.3) is 31.9 Å². The molecule has 5 rings (SSSR count). The number of carbonyl (C=O) groups excluding carboxylic acids is 1. The van der Waals surface area contributed by atoms with Crippen molar-refractivity contribution < 1.29 is 14.7 Å². The molecule has 2 aromatic carbocycles. The Labute approximate surface area is 239 Å². The number of carboxylic acids is 1. The van der Waals surface area contributed by atoms with Crippen molar-refractivity contribution in [2.24, 2.45) is 5.41 Å². The molecular weight excluding hydrogens is 578 g/mol. The molecule has 0 atom stereocenters. The molecule has 0 unspecified atom stereocenters. The lowest BCUT2D eigenvalue weighted by molar-refractivity contribution is -0.151. The maximum absolute atomic E-state index is 13.3. The van der Waals surface area contributed by atoms with E-state index in [1.54, 1.807) is 16.2 Å². The number of H-pyrrole nitrogens is 1. The van der Waals surface area contributed by atoms with Gasteiger partial charge in [-0.2, -0.15) is 5.21 Å². The number of thiophene rings is 1. The van der Waals surface area contributed by atoms with Gasteiger partial charge in [0, 0.05) is 44.5 Å². The van der Waals surface area contributed by atoms with Gasteiger partial charge < -0.3 is 10.0 Å². The molecule has 4 aromatic rings. The van der Waals surface area contributed by atoms with E-state index in [9.17, 15) is 14.7 Å². The summed E-state index contributed by atoms with van der Waals surface area (Å²) in [6.45, 7) is 2.80. The molecule has 1 saturated carbocycles. The third-order valence-corrected chi connectivity index (χ3v) is 9.98. The first-order valence-corrected chi connectivity index (χ1v) is 15.1. The van der Waals surface area contributed by atoms with E-state index in [0.717, 1.165) is 68.2 Å². The fourth-order valence-corrected chi connectivity index (χ4v) is 7.46. The van der Waals surface area contributed by atoms with Crippen LogP contribution in [0.4, 0.5) is 0 Å². The van der Waals surface area contributed by atoms with Gasteiger partial charge in [0.2, 0.25) is 11.7 Å². The molecule has 0 bridgehead atoms. The number of nitrogens with zero attached hydrogens (tertiary/aromatic N) is 4. The number of carboxylic acid groups (broad SMARTS) is 1. The second kappa shape index (κ2) is 12.0. The van der Waals surface area contributed by atoms with E-state index in [0.29, 0.717) is 31.6 Å². The topological polar surface area (TPSA) is 112 Å². The maximum Gasteiger partial charge on any atom is 0.311 e. The zero-order chi connectivity index (χ0) is 27.4. The van der Waals surface area contributed by atoms with Crippen LogP contribution in [0.3, 0.4) is 0 Å². The average molecular weight is 611 g/mol. The van der Waals surface area contributed by atoms with Gasteiger partial charge in [-0.3, -0.25) is 9.59 Å². The van der Waals surface area contributed by atoms with Crippen molar-refractivity contribution in [2.45, 2.75) is 64.8 Å². The van der Waals surface area contributed by atoms with Crippen LogP contribution in [0.1, 0.15) is 63.9 Å². The van der Waals surface area contributed by atoms with Crippen molar-refractivity contribution in [1.29, 1.82) is 0 Å².